The van der Waals surface area contributed by atoms with Crippen molar-refractivity contribution in [2.75, 3.05) is 13.4 Å². The van der Waals surface area contributed by atoms with Crippen molar-refractivity contribution in [3.63, 3.8) is 0 Å². The van der Waals surface area contributed by atoms with E-state index in [2.05, 4.69) is 13.6 Å². The molecule has 102 valence electrons. The third kappa shape index (κ3) is 18.1. The first-order valence-electron chi connectivity index (χ1n) is 3.72. The monoisotopic (exact) mass is 1030 g/mol. The van der Waals surface area contributed by atoms with Gasteiger partial charge in [0.2, 0.25) is 0 Å². The minimum absolute atomic E-state index is 0. The summed E-state index contributed by atoms with van der Waals surface area (Å²) < 4.78 is 34.6. The van der Waals surface area contributed by atoms with Crippen molar-refractivity contribution in [2.45, 2.75) is 13.8 Å². The van der Waals surface area contributed by atoms with E-state index in [0.717, 1.165) is 6.16 Å². The second-order valence-electron chi connectivity index (χ2n) is 2.11. The second-order valence-corrected chi connectivity index (χ2v) is 5.61. The maximum absolute atomic E-state index is 10.9. The van der Waals surface area contributed by atoms with Gasteiger partial charge in [-0.3, -0.25) is 9.09 Å². The smallest absolute Gasteiger partial charge is 0.355 e. The number of phosphoric ester groups is 1. The van der Waals surface area contributed by atoms with Gasteiger partial charge < -0.3 is 14.5 Å². The Morgan fingerprint density at radius 1 is 1.28 bits per heavy atom. The average Bonchev–Trinajstić information content (AvgIpc) is 2.03. The molecule has 0 aliphatic carbocycles. The number of hydrogen-bond donors (Lipinski definition) is 2. The van der Waals surface area contributed by atoms with Gasteiger partial charge in [-0.1, -0.05) is 0 Å². The first-order chi connectivity index (χ1) is 6.33. The molecule has 2 atom stereocenters. The largest absolute Gasteiger partial charge is 0.479 e. The van der Waals surface area contributed by atoms with E-state index in [1.165, 1.54) is 6.92 Å². The summed E-state index contributed by atoms with van der Waals surface area (Å²) in [7, 11) is -8.69. The van der Waals surface area contributed by atoms with E-state index in [9.17, 15) is 9.13 Å². The summed E-state index contributed by atoms with van der Waals surface area (Å²) in [6.45, 7) is 2.69. The molecule has 2 N–H and O–H groups in total. The number of phosphoric acid groups is 1. The molecule has 2 radical (unpaired) electrons. The van der Waals surface area contributed by atoms with Gasteiger partial charge in [0.1, 0.15) is 0 Å². The molecule has 0 aromatic carbocycles. The van der Waals surface area contributed by atoms with E-state index in [-0.39, 0.29) is 90.9 Å². The predicted molar refractivity (Wildman–Crippen MR) is 48.3 cm³/mol. The van der Waals surface area contributed by atoms with E-state index in [1.54, 1.807) is 6.92 Å². The molecule has 0 amide bonds. The van der Waals surface area contributed by atoms with Gasteiger partial charge >= 0.3 is 7.82 Å². The van der Waals surface area contributed by atoms with E-state index in [4.69, 9.17) is 9.79 Å². The Morgan fingerprint density at radius 3 is 2.06 bits per heavy atom. The van der Waals surface area contributed by atoms with E-state index < -0.39 is 22.2 Å². The Hall–Kier alpha value is 2.08. The summed E-state index contributed by atoms with van der Waals surface area (Å²) in [5, 5.41) is 0. The van der Waals surface area contributed by atoms with Crippen molar-refractivity contribution in [3.8, 4) is 0 Å². The quantitative estimate of drug-likeness (QED) is 0.173. The molecule has 13 heteroatoms. The van der Waals surface area contributed by atoms with Gasteiger partial charge in [-0.2, -0.15) is 6.92 Å². The van der Waals surface area contributed by atoms with E-state index in [0.29, 0.717) is 0 Å². The Balaban J connectivity index is -0.000000141. The molecule has 2 unspecified atom stereocenters. The molecule has 0 aliphatic heterocycles. The van der Waals surface area contributed by atoms with Crippen LogP contribution in [0.1, 0.15) is 13.8 Å². The molecular formula is C5H13O7P2ReRfUY-. The molecule has 0 aliphatic rings. The van der Waals surface area contributed by atoms with Crippen LogP contribution in [0, 0.1) is 37.3 Å². The van der Waals surface area contributed by atoms with Gasteiger partial charge in [0.15, 0.2) is 14.4 Å². The molecule has 0 aromatic rings. The fourth-order valence-corrected chi connectivity index (χ4v) is 2.36. The van der Waals surface area contributed by atoms with Gasteiger partial charge in [-0.25, -0.2) is 15.0 Å². The number of ether oxygens (including phenoxy) is 1. The van der Waals surface area contributed by atoms with Crippen molar-refractivity contribution in [2.24, 2.45) is 0 Å². The molecule has 0 spiro atoms. The molecule has 0 bridgehead atoms. The van der Waals surface area contributed by atoms with Crippen LogP contribution in [0.15, 0.2) is 0 Å². The van der Waals surface area contributed by atoms with Crippen molar-refractivity contribution in [1.82, 2.24) is 0 Å². The average molecular weight is 1030 g/mol. The Bertz CT molecular complexity index is 274. The zero-order chi connectivity index (χ0) is 11.2. The van der Waals surface area contributed by atoms with Crippen LogP contribution in [0.2, 0.25) is 0 Å². The van der Waals surface area contributed by atoms with Crippen LogP contribution < -0.4 is 0 Å². The molecule has 0 rings (SSSR count). The SMILES string of the molecule is C[CH-]P(=O)(O)OP(=O)(O)OCOCC.[Re].[Rf].[U].[Y]. The molecule has 0 saturated heterocycles. The van der Waals surface area contributed by atoms with Crippen LogP contribution in [-0.4, -0.2) is 23.2 Å². The van der Waals surface area contributed by atoms with Crippen LogP contribution in [0.5, 0.6) is 0 Å². The third-order valence-corrected chi connectivity index (χ3v) is 3.90. The fraction of sp³-hybridized carbons (Fsp3) is 0.800. The van der Waals surface area contributed by atoms with Gasteiger partial charge in [0.05, 0.1) is 0 Å². The van der Waals surface area contributed by atoms with Crippen molar-refractivity contribution < 1.29 is 117 Å². The minimum Gasteiger partial charge on any atom is -0.355 e. The van der Waals surface area contributed by atoms with Gasteiger partial charge in [0, 0.05) is 90.9 Å². The summed E-state index contributed by atoms with van der Waals surface area (Å²) in [5.41, 5.74) is 0. The molecule has 18 heavy (non-hydrogen) atoms. The van der Waals surface area contributed by atoms with Crippen LogP contribution in [0.3, 0.4) is 0 Å². The first kappa shape index (κ1) is 32.1. The summed E-state index contributed by atoms with van der Waals surface area (Å²) in [6.07, 6.45) is 0.778. The molecule has 7 nitrogen and oxygen atoms in total. The number of rotatable bonds is 7. The third-order valence-electron chi connectivity index (χ3n) is 1.05. The zero-order valence-electron chi connectivity index (χ0n) is 9.98. The van der Waals surface area contributed by atoms with Crippen molar-refractivity contribution in [1.29, 1.82) is 0 Å². The normalized spacial score (nSPS) is 15.6. The van der Waals surface area contributed by atoms with Crippen LogP contribution in [0.25, 0.3) is 0 Å². The predicted octanol–water partition coefficient (Wildman–Crippen LogP) is 1.48. The fourth-order valence-electron chi connectivity index (χ4n) is 0.406. The molecule has 0 aromatic heterocycles. The van der Waals surface area contributed by atoms with E-state index in [1.807, 2.05) is 0 Å². The van der Waals surface area contributed by atoms with Crippen molar-refractivity contribution in [3.05, 3.63) is 6.16 Å². The molecule has 0 fully saturated rings. The standard InChI is InChI=1S/C5H13O7P2.Re.Rf.U.Y/c1-3-10-5-11-14(8,9)12-13(6,7)4-2;;;;/h4H,3,5H2,1-2H3,(H,6,7)(H,8,9);;;;/q-1;;;;. The Kier molecular flexibility index (Phi) is 27.6. The van der Waals surface area contributed by atoms with Crippen LogP contribution >= 0.6 is 15.4 Å². The van der Waals surface area contributed by atoms with Gasteiger partial charge in [0.25, 0.3) is 0 Å². The zero-order valence-corrected chi connectivity index (χ0v) is 27.9. The van der Waals surface area contributed by atoms with E-state index >= 15 is 0 Å². The summed E-state index contributed by atoms with van der Waals surface area (Å²) >= 11 is 0. The summed E-state index contributed by atoms with van der Waals surface area (Å²) in [5.74, 6) is 0. The first-order valence-corrected chi connectivity index (χ1v) is 6.86. The maximum Gasteiger partial charge on any atom is 0.479 e. The van der Waals surface area contributed by atoms with Crippen LogP contribution in [0.4, 0.5) is 0 Å². The Morgan fingerprint density at radius 2 is 1.72 bits per heavy atom. The molecule has 0 heterocycles. The summed E-state index contributed by atoms with van der Waals surface area (Å²) in [4.78, 5) is 17.7. The van der Waals surface area contributed by atoms with Crippen molar-refractivity contribution >= 4 is 15.4 Å². The minimum atomic E-state index is -4.53. The number of hydrogen-bond acceptors (Lipinski definition) is 5. The van der Waals surface area contributed by atoms with Crippen LogP contribution in [-0.2, 0) is 75.8 Å². The maximum atomic E-state index is 10.9. The Labute approximate surface area is 163 Å². The molecule has 0 saturated carbocycles. The summed E-state index contributed by atoms with van der Waals surface area (Å²) in [6, 6.07) is 0. The topological polar surface area (TPSA) is 102 Å². The van der Waals surface area contributed by atoms with Gasteiger partial charge in [-0.05, 0) is 6.92 Å². The molecular weight excluding hydrogens is 1010 g/mol. The second kappa shape index (κ2) is 15.5. The van der Waals surface area contributed by atoms with Gasteiger partial charge in [-0.15, -0.1) is 0 Å².